The third-order valence-corrected chi connectivity index (χ3v) is 20.0. The number of halogens is 2. The molecule has 0 radical (unpaired) electrons. The summed E-state index contributed by atoms with van der Waals surface area (Å²) in [6.07, 6.45) is 0.635. The molecule has 540 valence electrons. The largest absolute Gasteiger partial charge is 0.678 e. The number of ether oxygens (including phenoxy) is 6. The lowest BCUT2D eigenvalue weighted by atomic mass is 9.94. The molecule has 0 aliphatic carbocycles. The molecule has 4 amide bonds. The average Bonchev–Trinajstić information content (AvgIpc) is 1.56. The number of anilines is 1. The molecule has 102 heavy (non-hydrogen) atoms. The van der Waals surface area contributed by atoms with Crippen molar-refractivity contribution in [1.82, 2.24) is 30.4 Å². The monoisotopic (exact) mass is 1450 g/mol. The number of quaternary nitrogens is 1. The topological polar surface area (TPSA) is 310 Å². The first kappa shape index (κ1) is 76.4. The second-order valence-electron chi connectivity index (χ2n) is 24.8. The van der Waals surface area contributed by atoms with Crippen molar-refractivity contribution >= 4 is 73.5 Å². The lowest BCUT2D eigenvalue weighted by molar-refractivity contribution is -0.926. The number of amides is 4. The van der Waals surface area contributed by atoms with Gasteiger partial charge in [-0.15, -0.1) is 7.05 Å². The van der Waals surface area contributed by atoms with Crippen molar-refractivity contribution in [3.63, 3.8) is 0 Å². The number of carbonyl (C=O) groups is 4. The molecule has 2 aromatic heterocycles. The molecular formula is C74H85ClFN11O13S2. The number of primary amides is 1. The van der Waals surface area contributed by atoms with Crippen LogP contribution in [-0.2, 0) is 66.7 Å². The van der Waals surface area contributed by atoms with E-state index < -0.39 is 64.1 Å². The molecule has 6 aromatic carbocycles. The maximum absolute atomic E-state index is 14.7. The summed E-state index contributed by atoms with van der Waals surface area (Å²) < 4.78 is 84.2. The minimum atomic E-state index is -4.38. The fourth-order valence-electron chi connectivity index (χ4n) is 11.8. The number of rotatable bonds is 34. The Morgan fingerprint density at radius 2 is 1.61 bits per heavy atom. The number of likely N-dealkylation sites (N-methyl/N-ethyl adjacent to an activating group) is 2. The Balaban J connectivity index is 0.917. The van der Waals surface area contributed by atoms with Crippen LogP contribution in [0.5, 0.6) is 23.0 Å². The molecule has 2 unspecified atom stereocenters. The quantitative estimate of drug-likeness (QED) is 0.00545. The third-order valence-electron chi connectivity index (χ3n) is 17.6. The van der Waals surface area contributed by atoms with E-state index in [0.717, 1.165) is 24.2 Å². The van der Waals surface area contributed by atoms with Gasteiger partial charge in [-0.05, 0) is 127 Å². The number of hydrogen-bond acceptors (Lipinski definition) is 18. The predicted molar refractivity (Wildman–Crippen MR) is 391 cm³/mol. The molecule has 24 nitrogen and oxygen atoms in total. The summed E-state index contributed by atoms with van der Waals surface area (Å²) in [4.78, 5) is 66.0. The second kappa shape index (κ2) is 35.7. The van der Waals surface area contributed by atoms with Crippen LogP contribution in [0.25, 0.3) is 38.3 Å². The van der Waals surface area contributed by atoms with Gasteiger partial charge in [0.1, 0.15) is 55.2 Å². The number of piperazine rings is 1. The molecule has 28 heteroatoms. The highest BCUT2D eigenvalue weighted by Crippen LogP contribution is 2.51. The molecule has 2 atom stereocenters. The summed E-state index contributed by atoms with van der Waals surface area (Å²) in [6.45, 7) is 6.53. The molecule has 1 aliphatic heterocycles. The first-order chi connectivity index (χ1) is 48.9. The van der Waals surface area contributed by atoms with Crippen molar-refractivity contribution < 1.29 is 69.4 Å². The summed E-state index contributed by atoms with van der Waals surface area (Å²) in [6, 6.07) is 37.4. The van der Waals surface area contributed by atoms with E-state index in [9.17, 15) is 41.9 Å². The van der Waals surface area contributed by atoms with Gasteiger partial charge in [-0.2, -0.15) is 19.8 Å². The number of methoxy groups -OCH3 is 2. The van der Waals surface area contributed by atoms with Gasteiger partial charge in [0.25, 0.3) is 10.1 Å². The molecule has 3 heterocycles. The van der Waals surface area contributed by atoms with E-state index in [0.29, 0.717) is 144 Å². The SMILES string of the molecule is C[N-]c1sc(-c2ccc(F)cc2)c(-c2ccc(OCCN3CC[N+](C)(Cc4ccc(NC(=O)C(CCCNC(N)=O)NC)cc4CN(C)C(=O)CCS(=O)(=O)O)CC3)c(Cl)c2C)c1C(=N)OC(Cc1ccccc1OCc1ccnc(-c2ccccc2OC)n1)C(=O)OCc1ccc(OC)cc1. The van der Waals surface area contributed by atoms with Crippen LogP contribution < -0.4 is 40.6 Å². The zero-order valence-electron chi connectivity index (χ0n) is 57.9. The Morgan fingerprint density at radius 3 is 2.30 bits per heavy atom. The number of benzene rings is 6. The van der Waals surface area contributed by atoms with E-state index in [4.69, 9.17) is 50.7 Å². The Morgan fingerprint density at radius 1 is 0.882 bits per heavy atom. The first-order valence-electron chi connectivity index (χ1n) is 33.0. The number of carbonyl (C=O) groups excluding carboxylic acids is 4. The van der Waals surface area contributed by atoms with Crippen LogP contribution in [0.4, 0.5) is 19.9 Å². The van der Waals surface area contributed by atoms with Gasteiger partial charge in [-0.1, -0.05) is 83.3 Å². The van der Waals surface area contributed by atoms with E-state index in [-0.39, 0.29) is 44.3 Å². The lowest BCUT2D eigenvalue weighted by Gasteiger charge is -2.42. The molecule has 0 saturated carbocycles. The maximum atomic E-state index is 14.7. The van der Waals surface area contributed by atoms with Crippen LogP contribution in [0.1, 0.15) is 58.3 Å². The normalized spacial score (nSPS) is 13.4. The smallest absolute Gasteiger partial charge is 0.348 e. The molecule has 7 N–H and O–H groups in total. The summed E-state index contributed by atoms with van der Waals surface area (Å²) in [5.74, 6) is -0.545. The summed E-state index contributed by atoms with van der Waals surface area (Å²) >= 11 is 8.59. The molecule has 1 saturated heterocycles. The van der Waals surface area contributed by atoms with Gasteiger partial charge in [0.2, 0.25) is 23.8 Å². The van der Waals surface area contributed by atoms with Crippen molar-refractivity contribution in [2.24, 2.45) is 5.73 Å². The molecule has 1 aliphatic rings. The molecule has 1 fully saturated rings. The Hall–Kier alpha value is -9.74. The Kier molecular flexibility index (Phi) is 26.8. The number of hydrogen-bond donors (Lipinski definition) is 6. The number of urea groups is 1. The van der Waals surface area contributed by atoms with Gasteiger partial charge in [0.15, 0.2) is 5.82 Å². The second-order valence-corrected chi connectivity index (χ2v) is 27.7. The minimum Gasteiger partial charge on any atom is -0.678 e. The van der Waals surface area contributed by atoms with Gasteiger partial charge in [0, 0.05) is 86.1 Å². The number of thiophene rings is 1. The number of aromatic nitrogens is 2. The number of nitrogens with two attached hydrogens (primary N) is 1. The van der Waals surface area contributed by atoms with Crippen molar-refractivity contribution in [2.45, 2.75) is 71.1 Å². The van der Waals surface area contributed by atoms with Crippen LogP contribution in [0.3, 0.4) is 0 Å². The minimum absolute atomic E-state index is 0.0386. The Labute approximate surface area is 602 Å². The highest BCUT2D eigenvalue weighted by atomic mass is 35.5. The van der Waals surface area contributed by atoms with Gasteiger partial charge in [-0.3, -0.25) is 24.5 Å². The molecule has 0 bridgehead atoms. The lowest BCUT2D eigenvalue weighted by Crippen LogP contribution is -2.57. The van der Waals surface area contributed by atoms with Gasteiger partial charge >= 0.3 is 12.0 Å². The summed E-state index contributed by atoms with van der Waals surface area (Å²) in [5, 5.41) is 23.8. The van der Waals surface area contributed by atoms with Crippen LogP contribution >= 0.6 is 22.9 Å². The van der Waals surface area contributed by atoms with E-state index in [1.165, 1.54) is 28.4 Å². The van der Waals surface area contributed by atoms with Crippen LogP contribution in [0, 0.1) is 18.2 Å². The number of para-hydroxylation sites is 2. The number of nitrogens with zero attached hydrogens (tertiary/aromatic N) is 6. The summed E-state index contributed by atoms with van der Waals surface area (Å²) in [5.41, 5.74) is 12.5. The van der Waals surface area contributed by atoms with E-state index in [2.05, 4.69) is 38.2 Å². The summed E-state index contributed by atoms with van der Waals surface area (Å²) in [7, 11) is 5.74. The van der Waals surface area contributed by atoms with E-state index >= 15 is 0 Å². The Bertz CT molecular complexity index is 4370. The zero-order valence-corrected chi connectivity index (χ0v) is 60.3. The fraction of sp³-hybridized carbons (Fsp3) is 0.338. The highest BCUT2D eigenvalue weighted by Gasteiger charge is 2.33. The number of esters is 1. The molecule has 9 rings (SSSR count). The third kappa shape index (κ3) is 20.7. The standard InChI is InChI=1S/C74H85ClFN11O13S2/c1-47-57(28-29-62(67(47)75)97-39-36-86-34-37-87(5,38-35-86)44-51-22-25-54(84-71(89)59(79-2)15-12-32-82-74(78)91)41-52(51)43-85(4)64(88)31-40-102(92,93)94)65-66(72(80-3)101-68(65)49-20-23-53(76)24-21-49)69(77)100-63(73(90)99-45-48-18-26-56(95-6)27-19-48)42-50-13-8-10-16-60(50)98-46-55-30-33-81-70(83-55)58-14-9-11-17-61(58)96-7/h8-11,13-14,16-30,33,41,59,63,79H,12,15,31-32,34-40,42-46H2,1-7H3,(H6-,77,78,80,82,84,89,91,92,93,94). The fourth-order valence-corrected chi connectivity index (χ4v) is 13.6. The van der Waals surface area contributed by atoms with Crippen LogP contribution in [0.15, 0.2) is 140 Å². The average molecular weight is 1460 g/mol. The van der Waals surface area contributed by atoms with Gasteiger partial charge < -0.3 is 64.8 Å². The molecule has 8 aromatic rings. The zero-order chi connectivity index (χ0) is 73.1. The predicted octanol–water partition coefficient (Wildman–Crippen LogP) is 11.1. The van der Waals surface area contributed by atoms with Crippen molar-refractivity contribution in [3.05, 3.63) is 195 Å². The van der Waals surface area contributed by atoms with Crippen LogP contribution in [-0.4, -0.2) is 173 Å². The number of nitrogens with one attached hydrogen (secondary N) is 4. The van der Waals surface area contributed by atoms with E-state index in [1.807, 2.05) is 73.7 Å². The van der Waals surface area contributed by atoms with Gasteiger partial charge in [0.05, 0.1) is 62.4 Å². The maximum Gasteiger partial charge on any atom is 0.348 e. The highest BCUT2D eigenvalue weighted by molar-refractivity contribution is 7.85. The van der Waals surface area contributed by atoms with Crippen molar-refractivity contribution in [3.8, 4) is 56.0 Å². The van der Waals surface area contributed by atoms with Crippen molar-refractivity contribution in [2.75, 3.05) is 99.4 Å². The first-order valence-corrected chi connectivity index (χ1v) is 35.8. The van der Waals surface area contributed by atoms with E-state index in [1.54, 1.807) is 96.2 Å². The van der Waals surface area contributed by atoms with Gasteiger partial charge in [-0.25, -0.2) is 23.9 Å². The molecular weight excluding hydrogens is 1370 g/mol. The van der Waals surface area contributed by atoms with Crippen molar-refractivity contribution in [1.29, 1.82) is 5.41 Å². The molecule has 0 spiro atoms. The van der Waals surface area contributed by atoms with Crippen LogP contribution in [0.2, 0.25) is 5.02 Å².